The number of benzene rings is 1. The van der Waals surface area contributed by atoms with Crippen molar-refractivity contribution in [3.8, 4) is 0 Å². The molecule has 0 bridgehead atoms. The molecule has 0 aliphatic heterocycles. The Morgan fingerprint density at radius 2 is 2.00 bits per heavy atom. The van der Waals surface area contributed by atoms with Gasteiger partial charge in [0.2, 0.25) is 0 Å². The quantitative estimate of drug-likeness (QED) is 0.886. The van der Waals surface area contributed by atoms with Gasteiger partial charge in [0.1, 0.15) is 0 Å². The van der Waals surface area contributed by atoms with Crippen molar-refractivity contribution in [1.29, 1.82) is 0 Å². The molecule has 0 fully saturated rings. The lowest BCUT2D eigenvalue weighted by atomic mass is 10.0. The fourth-order valence-corrected chi connectivity index (χ4v) is 2.56. The van der Waals surface area contributed by atoms with E-state index in [9.17, 15) is 13.2 Å². The summed E-state index contributed by atoms with van der Waals surface area (Å²) < 4.78 is 38.1. The molecular formula is C14H15F3N2S. The molecule has 3 N–H and O–H groups in total. The molecule has 0 radical (unpaired) electrons. The molecule has 1 aromatic heterocycles. The maximum absolute atomic E-state index is 12.7. The van der Waals surface area contributed by atoms with Crippen molar-refractivity contribution in [2.24, 2.45) is 5.73 Å². The Hall–Kier alpha value is -1.37. The Balaban J connectivity index is 2.11. The van der Waals surface area contributed by atoms with Crippen molar-refractivity contribution < 1.29 is 13.2 Å². The van der Waals surface area contributed by atoms with Crippen LogP contribution in [0.5, 0.6) is 0 Å². The monoisotopic (exact) mass is 300 g/mol. The van der Waals surface area contributed by atoms with Gasteiger partial charge in [-0.1, -0.05) is 18.2 Å². The topological polar surface area (TPSA) is 38.0 Å². The summed E-state index contributed by atoms with van der Waals surface area (Å²) in [4.78, 5) is 1.12. The summed E-state index contributed by atoms with van der Waals surface area (Å²) in [5.41, 5.74) is 5.57. The molecule has 0 spiro atoms. The van der Waals surface area contributed by atoms with E-state index < -0.39 is 11.7 Å². The van der Waals surface area contributed by atoms with E-state index in [1.807, 2.05) is 17.5 Å². The second kappa shape index (κ2) is 6.39. The van der Waals surface area contributed by atoms with Crippen LogP contribution in [0.25, 0.3) is 0 Å². The van der Waals surface area contributed by atoms with Crippen LogP contribution in [0, 0.1) is 0 Å². The van der Waals surface area contributed by atoms with Gasteiger partial charge >= 0.3 is 6.18 Å². The van der Waals surface area contributed by atoms with Gasteiger partial charge in [0.25, 0.3) is 0 Å². The summed E-state index contributed by atoms with van der Waals surface area (Å²) in [6, 6.07) is 8.90. The van der Waals surface area contributed by atoms with Crippen molar-refractivity contribution in [2.45, 2.75) is 18.8 Å². The number of rotatable bonds is 5. The standard InChI is InChI=1S/C14H15F3N2S/c15-14(16,17)11-4-1-3-10(7-11)13(8-18)19-9-12-5-2-6-20-12/h1-7,13,19H,8-9,18H2. The van der Waals surface area contributed by atoms with Gasteiger partial charge < -0.3 is 11.1 Å². The van der Waals surface area contributed by atoms with Crippen LogP contribution < -0.4 is 11.1 Å². The highest BCUT2D eigenvalue weighted by Crippen LogP contribution is 2.30. The second-order valence-corrected chi connectivity index (χ2v) is 5.40. The van der Waals surface area contributed by atoms with Gasteiger partial charge in [-0.05, 0) is 29.1 Å². The zero-order valence-electron chi connectivity index (χ0n) is 10.7. The summed E-state index contributed by atoms with van der Waals surface area (Å²) in [7, 11) is 0. The van der Waals surface area contributed by atoms with E-state index in [0.717, 1.165) is 17.0 Å². The summed E-state index contributed by atoms with van der Waals surface area (Å²) in [6.07, 6.45) is -4.33. The van der Waals surface area contributed by atoms with Crippen molar-refractivity contribution in [3.63, 3.8) is 0 Å². The fourth-order valence-electron chi connectivity index (χ4n) is 1.91. The first-order valence-electron chi connectivity index (χ1n) is 6.13. The number of halogens is 3. The highest BCUT2D eigenvalue weighted by atomic mass is 32.1. The number of nitrogens with one attached hydrogen (secondary N) is 1. The van der Waals surface area contributed by atoms with Gasteiger partial charge in [-0.3, -0.25) is 0 Å². The molecule has 0 amide bonds. The van der Waals surface area contributed by atoms with Gasteiger partial charge in [0, 0.05) is 24.0 Å². The first kappa shape index (κ1) is 15.0. The molecule has 0 aliphatic rings. The summed E-state index contributed by atoms with van der Waals surface area (Å²) in [5.74, 6) is 0. The van der Waals surface area contributed by atoms with Crippen molar-refractivity contribution >= 4 is 11.3 Å². The lowest BCUT2D eigenvalue weighted by Gasteiger charge is -2.18. The zero-order chi connectivity index (χ0) is 14.6. The van der Waals surface area contributed by atoms with Crippen LogP contribution in [-0.4, -0.2) is 6.54 Å². The maximum Gasteiger partial charge on any atom is 0.416 e. The van der Waals surface area contributed by atoms with E-state index in [2.05, 4.69) is 5.32 Å². The summed E-state index contributed by atoms with van der Waals surface area (Å²) in [6.45, 7) is 0.836. The van der Waals surface area contributed by atoms with Crippen LogP contribution in [0.1, 0.15) is 22.0 Å². The molecule has 20 heavy (non-hydrogen) atoms. The van der Waals surface area contributed by atoms with E-state index in [1.54, 1.807) is 17.4 Å². The fraction of sp³-hybridized carbons (Fsp3) is 0.286. The molecule has 1 unspecified atom stereocenters. The Bertz CT molecular complexity index is 538. The lowest BCUT2D eigenvalue weighted by molar-refractivity contribution is -0.137. The SMILES string of the molecule is NCC(NCc1cccs1)c1cccc(C(F)(F)F)c1. The van der Waals surface area contributed by atoms with E-state index in [0.29, 0.717) is 12.1 Å². The molecule has 6 heteroatoms. The number of hydrogen-bond acceptors (Lipinski definition) is 3. The minimum atomic E-state index is -4.33. The van der Waals surface area contributed by atoms with E-state index >= 15 is 0 Å². The first-order valence-corrected chi connectivity index (χ1v) is 7.01. The van der Waals surface area contributed by atoms with Crippen LogP contribution in [0.3, 0.4) is 0 Å². The third-order valence-corrected chi connectivity index (χ3v) is 3.83. The average Bonchev–Trinajstić information content (AvgIpc) is 2.92. The predicted octanol–water partition coefficient (Wildman–Crippen LogP) is 3.56. The van der Waals surface area contributed by atoms with Crippen LogP contribution in [0.15, 0.2) is 41.8 Å². The first-order chi connectivity index (χ1) is 9.50. The van der Waals surface area contributed by atoms with Crippen molar-refractivity contribution in [3.05, 3.63) is 57.8 Å². The normalized spacial score (nSPS) is 13.4. The minimum Gasteiger partial charge on any atom is -0.329 e. The van der Waals surface area contributed by atoms with Gasteiger partial charge in [-0.15, -0.1) is 11.3 Å². The molecular weight excluding hydrogens is 285 g/mol. The lowest BCUT2D eigenvalue weighted by Crippen LogP contribution is -2.27. The Morgan fingerprint density at radius 1 is 1.20 bits per heavy atom. The molecule has 0 saturated heterocycles. The van der Waals surface area contributed by atoms with E-state index in [-0.39, 0.29) is 12.6 Å². The third kappa shape index (κ3) is 3.82. The third-order valence-electron chi connectivity index (χ3n) is 2.95. The predicted molar refractivity (Wildman–Crippen MR) is 74.4 cm³/mol. The van der Waals surface area contributed by atoms with Crippen LogP contribution in [-0.2, 0) is 12.7 Å². The molecule has 0 aliphatic carbocycles. The Labute approximate surface area is 119 Å². The minimum absolute atomic E-state index is 0.243. The van der Waals surface area contributed by atoms with E-state index in [4.69, 9.17) is 5.73 Å². The highest BCUT2D eigenvalue weighted by molar-refractivity contribution is 7.09. The van der Waals surface area contributed by atoms with Gasteiger partial charge in [-0.25, -0.2) is 0 Å². The maximum atomic E-state index is 12.7. The van der Waals surface area contributed by atoms with Crippen molar-refractivity contribution in [1.82, 2.24) is 5.32 Å². The summed E-state index contributed by atoms with van der Waals surface area (Å²) >= 11 is 1.59. The number of alkyl halides is 3. The molecule has 1 aromatic carbocycles. The second-order valence-electron chi connectivity index (χ2n) is 4.37. The zero-order valence-corrected chi connectivity index (χ0v) is 11.5. The van der Waals surface area contributed by atoms with Gasteiger partial charge in [0.15, 0.2) is 0 Å². The summed E-state index contributed by atoms with van der Waals surface area (Å²) in [5, 5.41) is 5.14. The Morgan fingerprint density at radius 3 is 2.60 bits per heavy atom. The Kier molecular flexibility index (Phi) is 4.80. The molecule has 1 atom stereocenters. The van der Waals surface area contributed by atoms with Crippen LogP contribution in [0.2, 0.25) is 0 Å². The number of thiophene rings is 1. The average molecular weight is 300 g/mol. The number of hydrogen-bond donors (Lipinski definition) is 2. The molecule has 2 nitrogen and oxygen atoms in total. The number of nitrogens with two attached hydrogens (primary N) is 1. The molecule has 2 rings (SSSR count). The molecule has 1 heterocycles. The van der Waals surface area contributed by atoms with Crippen LogP contribution >= 0.6 is 11.3 Å². The van der Waals surface area contributed by atoms with E-state index in [1.165, 1.54) is 6.07 Å². The molecule has 108 valence electrons. The molecule has 0 saturated carbocycles. The van der Waals surface area contributed by atoms with Crippen molar-refractivity contribution in [2.75, 3.05) is 6.54 Å². The van der Waals surface area contributed by atoms with Gasteiger partial charge in [0.05, 0.1) is 5.56 Å². The highest BCUT2D eigenvalue weighted by Gasteiger charge is 2.30. The van der Waals surface area contributed by atoms with Gasteiger partial charge in [-0.2, -0.15) is 13.2 Å². The molecule has 2 aromatic rings. The largest absolute Gasteiger partial charge is 0.416 e. The van der Waals surface area contributed by atoms with Crippen LogP contribution in [0.4, 0.5) is 13.2 Å². The smallest absolute Gasteiger partial charge is 0.329 e.